The molecule has 0 aliphatic rings. The van der Waals surface area contributed by atoms with E-state index < -0.39 is 44.0 Å². The monoisotopic (exact) mass is 338 g/mol. The van der Waals surface area contributed by atoms with Gasteiger partial charge in [-0.05, 0) is 19.8 Å². The zero-order chi connectivity index (χ0) is 16.0. The Bertz CT molecular complexity index is 567. The average Bonchev–Trinajstić information content (AvgIpc) is 2.20. The van der Waals surface area contributed by atoms with Crippen LogP contribution < -0.4 is 0 Å². The zero-order valence-corrected chi connectivity index (χ0v) is 12.0. The summed E-state index contributed by atoms with van der Waals surface area (Å²) in [5.74, 6) is 3.36. The fourth-order valence-electron chi connectivity index (χ4n) is 1.22. The van der Waals surface area contributed by atoms with Crippen molar-refractivity contribution in [3.05, 3.63) is 0 Å². The summed E-state index contributed by atoms with van der Waals surface area (Å²) in [6.07, 6.45) is -0.196. The van der Waals surface area contributed by atoms with Crippen molar-refractivity contribution in [1.29, 1.82) is 0 Å². The molecule has 0 saturated heterocycles. The second kappa shape index (κ2) is 7.26. The molecule has 6 nitrogen and oxygen atoms in total. The molecule has 0 radical (unpaired) electrons. The maximum atomic E-state index is 11.9. The van der Waals surface area contributed by atoms with Crippen LogP contribution in [0.15, 0.2) is 0 Å². The molecule has 11 heteroatoms. The van der Waals surface area contributed by atoms with E-state index in [1.807, 2.05) is 0 Å². The topological polar surface area (TPSA) is 97.7 Å². The van der Waals surface area contributed by atoms with Gasteiger partial charge in [-0.25, -0.2) is 0 Å². The third-order valence-corrected chi connectivity index (χ3v) is 3.85. The smallest absolute Gasteiger partial charge is 0.286 e. The van der Waals surface area contributed by atoms with Crippen molar-refractivity contribution in [3.63, 3.8) is 0 Å². The van der Waals surface area contributed by atoms with Gasteiger partial charge in [0.05, 0.1) is 12.4 Å². The van der Waals surface area contributed by atoms with Crippen molar-refractivity contribution in [3.8, 4) is 11.8 Å². The Labute approximate surface area is 115 Å². The van der Waals surface area contributed by atoms with Crippen LogP contribution in [0.25, 0.3) is 0 Å². The summed E-state index contributed by atoms with van der Waals surface area (Å²) in [6, 6.07) is 0. The van der Waals surface area contributed by atoms with Crippen LogP contribution in [0.5, 0.6) is 0 Å². The van der Waals surface area contributed by atoms with E-state index in [0.29, 0.717) is 0 Å². The summed E-state index contributed by atoms with van der Waals surface area (Å²) in [6.45, 7) is 0.664. The number of alkyl halides is 3. The van der Waals surface area contributed by atoms with Crippen LogP contribution in [-0.4, -0.2) is 39.3 Å². The molecule has 0 aromatic rings. The Morgan fingerprint density at radius 3 is 2.20 bits per heavy atom. The van der Waals surface area contributed by atoms with E-state index in [1.165, 1.54) is 6.92 Å². The highest BCUT2D eigenvalue weighted by Crippen LogP contribution is 2.24. The van der Waals surface area contributed by atoms with E-state index in [9.17, 15) is 30.0 Å². The van der Waals surface area contributed by atoms with Crippen LogP contribution in [0.1, 0.15) is 19.8 Å². The lowest BCUT2D eigenvalue weighted by atomic mass is 10.1. The van der Waals surface area contributed by atoms with Gasteiger partial charge in [-0.15, -0.1) is 5.92 Å². The van der Waals surface area contributed by atoms with E-state index >= 15 is 0 Å². The minimum Gasteiger partial charge on any atom is -0.286 e. The molecule has 1 unspecified atom stereocenters. The summed E-state index contributed by atoms with van der Waals surface area (Å²) in [5, 5.41) is 0. The molecule has 0 saturated carbocycles. The predicted octanol–water partition coefficient (Wildman–Crippen LogP) is 1.16. The molecular formula is C9H13F3O6S2. The van der Waals surface area contributed by atoms with E-state index in [1.54, 1.807) is 0 Å². The molecule has 118 valence electrons. The van der Waals surface area contributed by atoms with E-state index in [-0.39, 0.29) is 12.8 Å². The second-order valence-corrected chi connectivity index (χ2v) is 6.81. The molecule has 20 heavy (non-hydrogen) atoms. The van der Waals surface area contributed by atoms with Gasteiger partial charge in [-0.1, -0.05) is 5.92 Å². The lowest BCUT2D eigenvalue weighted by Gasteiger charge is -2.10. The van der Waals surface area contributed by atoms with Gasteiger partial charge in [-0.3, -0.25) is 8.74 Å². The Kier molecular flexibility index (Phi) is 6.96. The molecule has 0 heterocycles. The summed E-state index contributed by atoms with van der Waals surface area (Å²) in [7, 11) is -9.92. The van der Waals surface area contributed by atoms with Crippen LogP contribution in [0.3, 0.4) is 0 Å². The molecule has 1 atom stereocenters. The van der Waals surface area contributed by atoms with Crippen LogP contribution >= 0.6 is 0 Å². The highest BCUT2D eigenvalue weighted by Gasteiger charge is 2.47. The fraction of sp³-hybridized carbons (Fsp3) is 0.778. The van der Waals surface area contributed by atoms with E-state index in [4.69, 9.17) is 4.55 Å². The molecule has 0 amide bonds. The lowest BCUT2D eigenvalue weighted by Crippen LogP contribution is -2.26. The van der Waals surface area contributed by atoms with Crippen molar-refractivity contribution in [2.75, 3.05) is 12.4 Å². The minimum absolute atomic E-state index is 0.0337. The summed E-state index contributed by atoms with van der Waals surface area (Å²) < 4.78 is 90.5. The van der Waals surface area contributed by atoms with Gasteiger partial charge in [0.25, 0.3) is 10.1 Å². The molecule has 0 bridgehead atoms. The van der Waals surface area contributed by atoms with E-state index in [2.05, 4.69) is 16.0 Å². The first-order valence-electron chi connectivity index (χ1n) is 5.22. The Morgan fingerprint density at radius 2 is 1.80 bits per heavy atom. The number of halogens is 3. The third-order valence-electron chi connectivity index (χ3n) is 1.98. The first-order chi connectivity index (χ1) is 8.89. The normalized spacial score (nSPS) is 14.4. The highest BCUT2D eigenvalue weighted by molar-refractivity contribution is 7.87. The standard InChI is InChI=1S/C9H13F3O6S2/c1-2-4-8(7-19(13,14)15)5-3-6-18-20(16,17)9(10,11)12/h8H,3,5-7H2,1H3,(H,13,14,15). The first-order valence-corrected chi connectivity index (χ1v) is 8.24. The van der Waals surface area contributed by atoms with Gasteiger partial charge >= 0.3 is 15.6 Å². The predicted molar refractivity (Wildman–Crippen MR) is 63.5 cm³/mol. The third kappa shape index (κ3) is 7.68. The average molecular weight is 338 g/mol. The van der Waals surface area contributed by atoms with Crippen LogP contribution in [-0.2, 0) is 24.4 Å². The van der Waals surface area contributed by atoms with Gasteiger partial charge < -0.3 is 0 Å². The fourth-order valence-corrected chi connectivity index (χ4v) is 2.45. The second-order valence-electron chi connectivity index (χ2n) is 3.70. The summed E-state index contributed by atoms with van der Waals surface area (Å²) in [5.41, 5.74) is -5.50. The van der Waals surface area contributed by atoms with Gasteiger partial charge in [0.15, 0.2) is 0 Å². The summed E-state index contributed by atoms with van der Waals surface area (Å²) >= 11 is 0. The van der Waals surface area contributed by atoms with Crippen LogP contribution in [0.4, 0.5) is 13.2 Å². The number of rotatable bonds is 7. The van der Waals surface area contributed by atoms with Gasteiger partial charge in [-0.2, -0.15) is 30.0 Å². The molecule has 0 aliphatic heterocycles. The summed E-state index contributed by atoms with van der Waals surface area (Å²) in [4.78, 5) is 0. The molecule has 0 aliphatic carbocycles. The first kappa shape index (κ1) is 19.2. The minimum atomic E-state index is -5.65. The maximum Gasteiger partial charge on any atom is 0.523 e. The SMILES string of the molecule is CC#CC(CCCOS(=O)(=O)C(F)(F)F)CS(=O)(=O)O. The van der Waals surface area contributed by atoms with E-state index in [0.717, 1.165) is 0 Å². The van der Waals surface area contributed by atoms with Crippen LogP contribution in [0.2, 0.25) is 0 Å². The lowest BCUT2D eigenvalue weighted by molar-refractivity contribution is -0.0543. The van der Waals surface area contributed by atoms with Gasteiger partial charge in [0.1, 0.15) is 0 Å². The highest BCUT2D eigenvalue weighted by atomic mass is 32.2. The molecule has 0 aromatic carbocycles. The maximum absolute atomic E-state index is 11.9. The molecule has 0 spiro atoms. The zero-order valence-electron chi connectivity index (χ0n) is 10.3. The van der Waals surface area contributed by atoms with Crippen molar-refractivity contribution in [1.82, 2.24) is 0 Å². The Balaban J connectivity index is 4.37. The van der Waals surface area contributed by atoms with Crippen molar-refractivity contribution in [2.24, 2.45) is 5.92 Å². The molecule has 0 rings (SSSR count). The quantitative estimate of drug-likeness (QED) is 0.246. The largest absolute Gasteiger partial charge is 0.523 e. The van der Waals surface area contributed by atoms with Gasteiger partial charge in [0, 0.05) is 5.92 Å². The van der Waals surface area contributed by atoms with Crippen molar-refractivity contribution in [2.45, 2.75) is 25.3 Å². The Hall–Kier alpha value is -0.830. The van der Waals surface area contributed by atoms with Crippen molar-refractivity contribution >= 4 is 20.2 Å². The molecule has 0 fully saturated rings. The van der Waals surface area contributed by atoms with Gasteiger partial charge in [0.2, 0.25) is 0 Å². The Morgan fingerprint density at radius 1 is 1.25 bits per heavy atom. The molecular weight excluding hydrogens is 325 g/mol. The number of hydrogen-bond acceptors (Lipinski definition) is 5. The van der Waals surface area contributed by atoms with Crippen molar-refractivity contribution < 1.29 is 38.7 Å². The van der Waals surface area contributed by atoms with Crippen LogP contribution in [0, 0.1) is 17.8 Å². The molecule has 0 aromatic heterocycles. The molecule has 1 N–H and O–H groups in total. The number of hydrogen-bond donors (Lipinski definition) is 1.